The van der Waals surface area contributed by atoms with Crippen molar-refractivity contribution in [1.82, 2.24) is 4.90 Å². The first-order valence-corrected chi connectivity index (χ1v) is 15.1. The minimum absolute atomic E-state index is 0.0827. The largest absolute Gasteiger partial charge is 0.456 e. The number of cyclic esters (lactones) is 1. The summed E-state index contributed by atoms with van der Waals surface area (Å²) in [5.41, 5.74) is 2.20. The fraction of sp³-hybridized carbons (Fsp3) is 0.636. The number of nitrogens with zero attached hydrogens (tertiary/aromatic N) is 1. The molecule has 0 radical (unpaired) electrons. The highest BCUT2D eigenvalue weighted by atomic mass is 16.6. The first kappa shape index (κ1) is 32.2. The van der Waals surface area contributed by atoms with Gasteiger partial charge in [0.1, 0.15) is 24.4 Å². The van der Waals surface area contributed by atoms with Crippen LogP contribution in [0.5, 0.6) is 0 Å². The fourth-order valence-corrected chi connectivity index (χ4v) is 5.77. The molecule has 0 aromatic heterocycles. The zero-order valence-electron chi connectivity index (χ0n) is 25.4. The Hall–Kier alpha value is -2.72. The Balaban J connectivity index is 1.51. The highest BCUT2D eigenvalue weighted by molar-refractivity contribution is 5.82. The number of carbonyl (C=O) groups excluding carboxylic acids is 2. The topological polar surface area (TPSA) is 107 Å². The Labute approximate surface area is 249 Å². The summed E-state index contributed by atoms with van der Waals surface area (Å²) < 4.78 is 29.6. The molecule has 42 heavy (non-hydrogen) atoms. The zero-order chi connectivity index (χ0) is 30.2. The highest BCUT2D eigenvalue weighted by Gasteiger charge is 2.49. The molecule has 0 unspecified atom stereocenters. The van der Waals surface area contributed by atoms with E-state index in [4.69, 9.17) is 23.7 Å². The maximum absolute atomic E-state index is 12.8. The second-order valence-electron chi connectivity index (χ2n) is 12.3. The van der Waals surface area contributed by atoms with Crippen molar-refractivity contribution in [3.05, 3.63) is 60.3 Å². The molecule has 1 saturated heterocycles. The van der Waals surface area contributed by atoms with E-state index < -0.39 is 36.5 Å². The molecule has 1 fully saturated rings. The molecule has 4 aliphatic heterocycles. The van der Waals surface area contributed by atoms with Crippen molar-refractivity contribution < 1.29 is 38.4 Å². The Morgan fingerprint density at radius 1 is 1.17 bits per heavy atom. The molecule has 4 aliphatic rings. The van der Waals surface area contributed by atoms with Crippen LogP contribution in [0.1, 0.15) is 58.8 Å². The van der Waals surface area contributed by atoms with Gasteiger partial charge in [0, 0.05) is 33.0 Å². The number of rotatable bonds is 4. The van der Waals surface area contributed by atoms with Crippen LogP contribution in [-0.4, -0.2) is 91.6 Å². The summed E-state index contributed by atoms with van der Waals surface area (Å²) in [5, 5.41) is 11.1. The van der Waals surface area contributed by atoms with Gasteiger partial charge in [-0.15, -0.1) is 0 Å². The van der Waals surface area contributed by atoms with Crippen LogP contribution in [0, 0.1) is 5.92 Å². The molecule has 0 aromatic rings. The van der Waals surface area contributed by atoms with E-state index in [-0.39, 0.29) is 30.8 Å². The van der Waals surface area contributed by atoms with E-state index in [1.165, 1.54) is 16.5 Å². The smallest absolute Gasteiger partial charge is 0.409 e. The van der Waals surface area contributed by atoms with Gasteiger partial charge in [-0.2, -0.15) is 0 Å². The minimum atomic E-state index is -1.07. The summed E-state index contributed by atoms with van der Waals surface area (Å²) in [6.07, 6.45) is 13.4. The van der Waals surface area contributed by atoms with Gasteiger partial charge in [-0.3, -0.25) is 0 Å². The highest BCUT2D eigenvalue weighted by Crippen LogP contribution is 2.36. The van der Waals surface area contributed by atoms with Gasteiger partial charge in [0.25, 0.3) is 0 Å². The van der Waals surface area contributed by atoms with Gasteiger partial charge in [0.05, 0.1) is 31.0 Å². The summed E-state index contributed by atoms with van der Waals surface area (Å²) in [6, 6.07) is 0. The summed E-state index contributed by atoms with van der Waals surface area (Å²) in [4.78, 5) is 26.7. The molecule has 4 rings (SSSR count). The normalized spacial score (nSPS) is 36.1. The van der Waals surface area contributed by atoms with Crippen LogP contribution in [0.2, 0.25) is 0 Å². The molecular weight excluding hydrogens is 538 g/mol. The molecule has 232 valence electrons. The maximum Gasteiger partial charge on any atom is 0.409 e. The van der Waals surface area contributed by atoms with Crippen molar-refractivity contribution in [3.8, 4) is 0 Å². The fourth-order valence-electron chi connectivity index (χ4n) is 5.77. The van der Waals surface area contributed by atoms with Crippen molar-refractivity contribution in [2.75, 3.05) is 20.7 Å². The number of fused-ring (bicyclic) bond motifs is 3. The SMILES string of the molecule is C=C1C[C@H](C)C[C@@H]2CC=C[C@@H](C/C=C/C(=O)O[C@H]([C@@H](O)/C=C/[C@@H]3CC(C)=CCO3)C[C@@H]3O[C@H]3[C@@H](OC(=O)N(C)C)C1)O2. The second-order valence-corrected chi connectivity index (χ2v) is 12.3. The van der Waals surface area contributed by atoms with Crippen LogP contribution in [0.15, 0.2) is 60.3 Å². The molecule has 1 N–H and O–H groups in total. The van der Waals surface area contributed by atoms with Gasteiger partial charge in [0.15, 0.2) is 0 Å². The van der Waals surface area contributed by atoms with Crippen LogP contribution in [0.25, 0.3) is 0 Å². The van der Waals surface area contributed by atoms with Gasteiger partial charge in [-0.05, 0) is 44.9 Å². The molecule has 4 heterocycles. The van der Waals surface area contributed by atoms with Gasteiger partial charge in [0.2, 0.25) is 0 Å². The molecule has 0 aliphatic carbocycles. The first-order valence-electron chi connectivity index (χ1n) is 15.1. The number of carbonyl (C=O) groups is 2. The number of epoxide rings is 1. The number of aliphatic hydroxyl groups is 1. The van der Waals surface area contributed by atoms with E-state index in [0.717, 1.165) is 31.3 Å². The van der Waals surface area contributed by atoms with Gasteiger partial charge in [-0.25, -0.2) is 9.59 Å². The van der Waals surface area contributed by atoms with Crippen LogP contribution < -0.4 is 0 Å². The third kappa shape index (κ3) is 9.93. The van der Waals surface area contributed by atoms with Crippen molar-refractivity contribution in [2.24, 2.45) is 5.92 Å². The molecule has 9 atom stereocenters. The zero-order valence-corrected chi connectivity index (χ0v) is 25.4. The van der Waals surface area contributed by atoms with Crippen molar-refractivity contribution in [1.29, 1.82) is 0 Å². The average molecular weight is 586 g/mol. The van der Waals surface area contributed by atoms with E-state index in [1.54, 1.807) is 26.2 Å². The van der Waals surface area contributed by atoms with Crippen LogP contribution >= 0.6 is 0 Å². The van der Waals surface area contributed by atoms with Crippen molar-refractivity contribution in [3.63, 3.8) is 0 Å². The lowest BCUT2D eigenvalue weighted by molar-refractivity contribution is -0.148. The van der Waals surface area contributed by atoms with E-state index in [1.807, 2.05) is 25.2 Å². The molecule has 9 nitrogen and oxygen atoms in total. The van der Waals surface area contributed by atoms with E-state index in [9.17, 15) is 14.7 Å². The summed E-state index contributed by atoms with van der Waals surface area (Å²) in [6.45, 7) is 9.05. The Kier molecular flexibility index (Phi) is 11.6. The average Bonchev–Trinajstić information content (AvgIpc) is 3.69. The van der Waals surface area contributed by atoms with Gasteiger partial charge >= 0.3 is 12.1 Å². The Bertz CT molecular complexity index is 1080. The minimum Gasteiger partial charge on any atom is -0.456 e. The van der Waals surface area contributed by atoms with Crippen LogP contribution in [-0.2, 0) is 28.5 Å². The molecule has 9 heteroatoms. The van der Waals surface area contributed by atoms with Crippen molar-refractivity contribution in [2.45, 2.75) is 108 Å². The molecular formula is C33H47NO8. The molecule has 0 aromatic carbocycles. The number of ether oxygens (including phenoxy) is 5. The lowest BCUT2D eigenvalue weighted by Crippen LogP contribution is -2.34. The maximum atomic E-state index is 12.8. The monoisotopic (exact) mass is 585 g/mol. The third-order valence-corrected chi connectivity index (χ3v) is 8.04. The first-order chi connectivity index (χ1) is 20.1. The predicted molar refractivity (Wildman–Crippen MR) is 159 cm³/mol. The number of amides is 1. The van der Waals surface area contributed by atoms with Crippen LogP contribution in [0.4, 0.5) is 4.79 Å². The summed E-state index contributed by atoms with van der Waals surface area (Å²) >= 11 is 0. The number of esters is 1. The lowest BCUT2D eigenvalue weighted by Gasteiger charge is -2.28. The van der Waals surface area contributed by atoms with Gasteiger partial charge < -0.3 is 33.7 Å². The molecule has 0 spiro atoms. The van der Waals surface area contributed by atoms with Gasteiger partial charge in [-0.1, -0.05) is 61.1 Å². The second kappa shape index (κ2) is 15.1. The lowest BCUT2D eigenvalue weighted by atomic mass is 9.90. The van der Waals surface area contributed by atoms with E-state index in [2.05, 4.69) is 19.6 Å². The standard InChI is InChI=1S/C33H47NO8/c1-21-14-15-38-25(17-21)12-13-27(35)28-20-30-32(41-30)29(42-33(37)34(4)5)19-23(3)16-22(2)18-26-10-6-8-24(39-26)9-7-11-31(36)40-28/h6-8,11-14,22,24-30,32,35H,3,9-10,15-20H2,1-2,4-5H3/b11-7+,13-12+/t22-,24-,25+,26-,27-,28-,29-,30-,32-/m0/s1. The Morgan fingerprint density at radius 3 is 2.74 bits per heavy atom. The Morgan fingerprint density at radius 2 is 1.98 bits per heavy atom. The quantitative estimate of drug-likeness (QED) is 0.285. The summed E-state index contributed by atoms with van der Waals surface area (Å²) in [5.74, 6) is -0.216. The van der Waals surface area contributed by atoms with Crippen molar-refractivity contribution >= 4 is 12.1 Å². The number of hydrogen-bond acceptors (Lipinski definition) is 8. The predicted octanol–water partition coefficient (Wildman–Crippen LogP) is 4.81. The van der Waals surface area contributed by atoms with E-state index in [0.29, 0.717) is 25.4 Å². The third-order valence-electron chi connectivity index (χ3n) is 8.04. The van der Waals surface area contributed by atoms with E-state index >= 15 is 0 Å². The summed E-state index contributed by atoms with van der Waals surface area (Å²) in [7, 11) is 3.27. The molecule has 0 saturated carbocycles. The molecule has 1 amide bonds. The number of hydrogen-bond donors (Lipinski definition) is 1. The number of aliphatic hydroxyl groups excluding tert-OH is 1. The molecule has 2 bridgehead atoms. The van der Waals surface area contributed by atoms with Crippen LogP contribution in [0.3, 0.4) is 0 Å².